The fourth-order valence-electron chi connectivity index (χ4n) is 1.36. The van der Waals surface area contributed by atoms with Gasteiger partial charge >= 0.3 is 6.09 Å². The summed E-state index contributed by atoms with van der Waals surface area (Å²) in [6, 6.07) is 9.26. The summed E-state index contributed by atoms with van der Waals surface area (Å²) < 4.78 is 4.95. The van der Waals surface area contributed by atoms with Crippen molar-refractivity contribution in [2.45, 2.75) is 19.1 Å². The van der Waals surface area contributed by atoms with Crippen molar-refractivity contribution in [2.24, 2.45) is 5.73 Å². The number of carbonyl (C=O) groups is 2. The summed E-state index contributed by atoms with van der Waals surface area (Å²) in [6.45, 7) is 0.173. The Bertz CT molecular complexity index is 414. The van der Waals surface area contributed by atoms with E-state index in [1.54, 1.807) is 0 Å². The third kappa shape index (κ3) is 7.33. The molecule has 0 heterocycles. The van der Waals surface area contributed by atoms with Gasteiger partial charge in [0.15, 0.2) is 5.78 Å². The van der Waals surface area contributed by atoms with E-state index in [1.807, 2.05) is 30.3 Å². The van der Waals surface area contributed by atoms with Gasteiger partial charge in [0.05, 0.1) is 0 Å². The molecule has 20 heavy (non-hydrogen) atoms. The molecule has 0 saturated carbocycles. The summed E-state index contributed by atoms with van der Waals surface area (Å²) >= 11 is 0. The Hall–Kier alpha value is -1.30. The minimum Gasteiger partial charge on any atom is -0.445 e. The standard InChI is InChI=1S/C13H18N2O4.Zn/c14-8-12(17)11(16)6-7-15-13(18)19-9-10-4-2-1-3-5-10;/h1-5,12,17H,6-9,14H2,(H,15,18);. The van der Waals surface area contributed by atoms with Crippen molar-refractivity contribution < 1.29 is 38.9 Å². The van der Waals surface area contributed by atoms with Gasteiger partial charge in [-0.3, -0.25) is 4.79 Å². The Morgan fingerprint density at radius 1 is 1.30 bits per heavy atom. The number of Topliss-reactive ketones (excluding diaryl/α,β-unsaturated/α-hetero) is 1. The Morgan fingerprint density at radius 3 is 2.55 bits per heavy atom. The molecular weight excluding hydrogens is 314 g/mol. The molecule has 1 amide bonds. The molecule has 6 nitrogen and oxygen atoms in total. The predicted molar refractivity (Wildman–Crippen MR) is 69.3 cm³/mol. The topological polar surface area (TPSA) is 102 Å². The third-order valence-corrected chi connectivity index (χ3v) is 2.45. The quantitative estimate of drug-likeness (QED) is 0.619. The molecule has 1 aromatic rings. The molecule has 1 atom stereocenters. The van der Waals surface area contributed by atoms with E-state index in [1.165, 1.54) is 0 Å². The van der Waals surface area contributed by atoms with Gasteiger partial charge in [0, 0.05) is 39.0 Å². The van der Waals surface area contributed by atoms with Crippen molar-refractivity contribution in [1.29, 1.82) is 0 Å². The molecule has 0 aliphatic carbocycles. The van der Waals surface area contributed by atoms with Gasteiger partial charge in [0.2, 0.25) is 0 Å². The summed E-state index contributed by atoms with van der Waals surface area (Å²) in [5, 5.41) is 11.6. The zero-order chi connectivity index (χ0) is 14.1. The van der Waals surface area contributed by atoms with E-state index in [0.29, 0.717) is 0 Å². The first-order chi connectivity index (χ1) is 9.13. The van der Waals surface area contributed by atoms with E-state index in [2.05, 4.69) is 5.32 Å². The fourth-order valence-corrected chi connectivity index (χ4v) is 1.36. The van der Waals surface area contributed by atoms with Crippen LogP contribution in [0.5, 0.6) is 0 Å². The van der Waals surface area contributed by atoms with Crippen molar-refractivity contribution in [1.82, 2.24) is 5.32 Å². The zero-order valence-corrected chi connectivity index (χ0v) is 14.2. The number of rotatable bonds is 7. The van der Waals surface area contributed by atoms with Crippen LogP contribution < -0.4 is 11.1 Å². The van der Waals surface area contributed by atoms with Crippen molar-refractivity contribution >= 4 is 11.9 Å². The number of hydrogen-bond acceptors (Lipinski definition) is 5. The van der Waals surface area contributed by atoms with E-state index in [0.717, 1.165) is 5.56 Å². The molecule has 0 aliphatic rings. The van der Waals surface area contributed by atoms with E-state index in [9.17, 15) is 9.59 Å². The number of aliphatic hydroxyl groups is 1. The average molecular weight is 332 g/mol. The van der Waals surface area contributed by atoms with Gasteiger partial charge in [0.1, 0.15) is 12.7 Å². The van der Waals surface area contributed by atoms with Crippen LogP contribution in [0.4, 0.5) is 4.79 Å². The van der Waals surface area contributed by atoms with Gasteiger partial charge in [-0.1, -0.05) is 30.3 Å². The summed E-state index contributed by atoms with van der Waals surface area (Å²) in [4.78, 5) is 22.5. The molecule has 0 aromatic heterocycles. The molecule has 0 fully saturated rings. The molecule has 1 unspecified atom stereocenters. The van der Waals surface area contributed by atoms with Crippen LogP contribution in [0.1, 0.15) is 12.0 Å². The van der Waals surface area contributed by atoms with Gasteiger partial charge in [-0.15, -0.1) is 0 Å². The molecule has 0 saturated heterocycles. The normalized spacial score (nSPS) is 11.1. The van der Waals surface area contributed by atoms with Crippen LogP contribution in [0.3, 0.4) is 0 Å². The summed E-state index contributed by atoms with van der Waals surface area (Å²) in [7, 11) is 0. The maximum absolute atomic E-state index is 11.3. The smallest absolute Gasteiger partial charge is 0.407 e. The molecule has 0 radical (unpaired) electrons. The van der Waals surface area contributed by atoms with Crippen molar-refractivity contribution in [3.05, 3.63) is 35.9 Å². The van der Waals surface area contributed by atoms with Gasteiger partial charge < -0.3 is 20.9 Å². The largest absolute Gasteiger partial charge is 0.445 e. The van der Waals surface area contributed by atoms with E-state index >= 15 is 0 Å². The number of alkyl carbamates (subject to hydrolysis) is 1. The Balaban J connectivity index is 0.00000361. The number of aliphatic hydroxyl groups excluding tert-OH is 1. The second-order valence-corrected chi connectivity index (χ2v) is 3.96. The first kappa shape index (κ1) is 18.7. The third-order valence-electron chi connectivity index (χ3n) is 2.45. The number of amides is 1. The number of ether oxygens (including phenoxy) is 1. The van der Waals surface area contributed by atoms with Crippen LogP contribution in [-0.2, 0) is 35.6 Å². The van der Waals surface area contributed by atoms with Gasteiger partial charge in [-0.25, -0.2) is 4.79 Å². The molecule has 7 heteroatoms. The van der Waals surface area contributed by atoms with Crippen LogP contribution in [0.2, 0.25) is 0 Å². The summed E-state index contributed by atoms with van der Waals surface area (Å²) in [5.41, 5.74) is 6.02. The maximum Gasteiger partial charge on any atom is 0.407 e. The van der Waals surface area contributed by atoms with E-state index in [-0.39, 0.29) is 45.6 Å². The van der Waals surface area contributed by atoms with Crippen molar-refractivity contribution in [2.75, 3.05) is 13.1 Å². The number of nitrogens with one attached hydrogen (secondary N) is 1. The van der Waals surface area contributed by atoms with Crippen molar-refractivity contribution in [3.8, 4) is 0 Å². The zero-order valence-electron chi connectivity index (χ0n) is 11.2. The Kier molecular flexibility index (Phi) is 9.81. The van der Waals surface area contributed by atoms with Gasteiger partial charge in [-0.2, -0.15) is 0 Å². The molecule has 1 rings (SSSR count). The fraction of sp³-hybridized carbons (Fsp3) is 0.385. The van der Waals surface area contributed by atoms with Crippen LogP contribution in [-0.4, -0.2) is 36.2 Å². The number of nitrogens with two attached hydrogens (primary N) is 1. The monoisotopic (exact) mass is 330 g/mol. The van der Waals surface area contributed by atoms with Crippen LogP contribution in [0.15, 0.2) is 30.3 Å². The Labute approximate surface area is 130 Å². The Morgan fingerprint density at radius 2 is 1.95 bits per heavy atom. The number of hydrogen-bond donors (Lipinski definition) is 3. The predicted octanol–water partition coefficient (Wildman–Crippen LogP) is 0.189. The van der Waals surface area contributed by atoms with Gasteiger partial charge in [-0.05, 0) is 5.56 Å². The maximum atomic E-state index is 11.3. The molecular formula is C13H18N2O4Zn. The number of benzene rings is 1. The summed E-state index contributed by atoms with van der Waals surface area (Å²) in [5.74, 6) is -0.397. The molecule has 4 N–H and O–H groups in total. The molecule has 0 spiro atoms. The second-order valence-electron chi connectivity index (χ2n) is 3.96. The number of carbonyl (C=O) groups excluding carboxylic acids is 2. The van der Waals surface area contributed by atoms with Crippen molar-refractivity contribution in [3.63, 3.8) is 0 Å². The average Bonchev–Trinajstić information content (AvgIpc) is 2.45. The minimum atomic E-state index is -1.16. The first-order valence-corrected chi connectivity index (χ1v) is 5.99. The van der Waals surface area contributed by atoms with Crippen LogP contribution in [0, 0.1) is 0 Å². The number of ketones is 1. The molecule has 0 aliphatic heterocycles. The van der Waals surface area contributed by atoms with Crippen LogP contribution in [0.25, 0.3) is 0 Å². The molecule has 0 bridgehead atoms. The molecule has 106 valence electrons. The SMILES string of the molecule is NCC(O)C(=O)CCNC(=O)OCc1ccccc1.[Zn]. The van der Waals surface area contributed by atoms with Crippen LogP contribution >= 0.6 is 0 Å². The van der Waals surface area contributed by atoms with E-state index in [4.69, 9.17) is 15.6 Å². The minimum absolute atomic E-state index is 0. The van der Waals surface area contributed by atoms with Gasteiger partial charge in [0.25, 0.3) is 0 Å². The summed E-state index contributed by atoms with van der Waals surface area (Å²) in [6.07, 6.45) is -1.74. The molecule has 1 aromatic carbocycles. The second kappa shape index (κ2) is 10.5. The van der Waals surface area contributed by atoms with E-state index < -0.39 is 18.0 Å². The first-order valence-electron chi connectivity index (χ1n) is 5.99.